The quantitative estimate of drug-likeness (QED) is 0.0161. The fourth-order valence-electron chi connectivity index (χ4n) is 5.73. The Kier molecular flexibility index (Phi) is 34.3. The van der Waals surface area contributed by atoms with Gasteiger partial charge in [0, 0.05) is 12.8 Å². The number of hydrogen-bond donors (Lipinski definition) is 1. The van der Waals surface area contributed by atoms with Crippen molar-refractivity contribution in [3.8, 4) is 0 Å². The number of hydrogen-bond acceptors (Lipinski definition) is 8. The van der Waals surface area contributed by atoms with Crippen LogP contribution in [0.2, 0.25) is 0 Å². The molecule has 0 bridgehead atoms. The van der Waals surface area contributed by atoms with Gasteiger partial charge in [-0.15, -0.1) is 0 Å². The van der Waals surface area contributed by atoms with E-state index in [-0.39, 0.29) is 26.1 Å². The molecule has 3 unspecified atom stereocenters. The molecule has 0 aromatic carbocycles. The Labute approximate surface area is 370 Å². The number of epoxide rings is 1. The molecule has 0 aromatic rings. The average molecular weight is 873 g/mol. The minimum absolute atomic E-state index is 0.00246. The Morgan fingerprint density at radius 2 is 1.05 bits per heavy atom. The van der Waals surface area contributed by atoms with E-state index >= 15 is 0 Å². The van der Waals surface area contributed by atoms with Crippen LogP contribution in [-0.4, -0.2) is 87.1 Å². The smallest absolute Gasteiger partial charge is 0.462 e. The van der Waals surface area contributed by atoms with E-state index < -0.39 is 32.5 Å². The lowest BCUT2D eigenvalue weighted by molar-refractivity contribution is -0.870. The Morgan fingerprint density at radius 3 is 1.57 bits per heavy atom. The Bertz CT molecular complexity index is 1420. The van der Waals surface area contributed by atoms with E-state index in [2.05, 4.69) is 92.8 Å². The number of allylic oxidation sites excluding steroid dienone is 14. The predicted octanol–water partition coefficient (Wildman–Crippen LogP) is 12.3. The van der Waals surface area contributed by atoms with E-state index in [0.29, 0.717) is 42.5 Å². The summed E-state index contributed by atoms with van der Waals surface area (Å²) in [6.45, 7) is 4.18. The monoisotopic (exact) mass is 873 g/mol. The number of carbonyl (C=O) groups is 2. The predicted molar refractivity (Wildman–Crippen MR) is 251 cm³/mol. The third kappa shape index (κ3) is 38.3. The maximum Gasteiger partial charge on any atom is 0.472 e. The highest BCUT2D eigenvalue weighted by atomic mass is 31.2. The van der Waals surface area contributed by atoms with Crippen molar-refractivity contribution in [3.05, 3.63) is 97.2 Å². The number of likely N-dealkylation sites (N-methyl/N-ethyl adjacent to an activating group) is 1. The van der Waals surface area contributed by atoms with Crippen LogP contribution in [0.1, 0.15) is 142 Å². The third-order valence-electron chi connectivity index (χ3n) is 9.50. The maximum atomic E-state index is 12.7. The lowest BCUT2D eigenvalue weighted by Gasteiger charge is -2.24. The van der Waals surface area contributed by atoms with Crippen molar-refractivity contribution < 1.29 is 46.8 Å². The molecule has 0 aromatic heterocycles. The van der Waals surface area contributed by atoms with Gasteiger partial charge in [0.05, 0.1) is 40.0 Å². The molecule has 0 spiro atoms. The van der Waals surface area contributed by atoms with E-state index in [1.807, 2.05) is 39.4 Å². The van der Waals surface area contributed by atoms with Crippen molar-refractivity contribution >= 4 is 19.8 Å². The van der Waals surface area contributed by atoms with Gasteiger partial charge in [0.1, 0.15) is 19.8 Å². The number of phosphoric acid groups is 1. The molecule has 0 saturated carbocycles. The van der Waals surface area contributed by atoms with Gasteiger partial charge in [0.25, 0.3) is 0 Å². The van der Waals surface area contributed by atoms with Gasteiger partial charge in [0.2, 0.25) is 0 Å². The highest BCUT2D eigenvalue weighted by Crippen LogP contribution is 2.43. The summed E-state index contributed by atoms with van der Waals surface area (Å²) >= 11 is 0. The van der Waals surface area contributed by atoms with Gasteiger partial charge in [-0.3, -0.25) is 18.6 Å². The van der Waals surface area contributed by atoms with Crippen molar-refractivity contribution in [2.75, 3.05) is 47.5 Å². The van der Waals surface area contributed by atoms with Crippen molar-refractivity contribution in [2.24, 2.45) is 0 Å². The summed E-state index contributed by atoms with van der Waals surface area (Å²) < 4.78 is 39.9. The van der Waals surface area contributed by atoms with Crippen LogP contribution in [0, 0.1) is 0 Å². The van der Waals surface area contributed by atoms with E-state index in [0.717, 1.165) is 51.4 Å². The van der Waals surface area contributed by atoms with Crippen LogP contribution < -0.4 is 0 Å². The first-order valence-electron chi connectivity index (χ1n) is 23.1. The number of rotatable bonds is 39. The molecule has 1 fully saturated rings. The second-order valence-electron chi connectivity index (χ2n) is 16.5. The first-order valence-corrected chi connectivity index (χ1v) is 24.6. The highest BCUT2D eigenvalue weighted by Gasteiger charge is 2.36. The van der Waals surface area contributed by atoms with Gasteiger partial charge in [-0.25, -0.2) is 4.57 Å². The minimum atomic E-state index is -4.42. The molecule has 1 rings (SSSR count). The zero-order chi connectivity index (χ0) is 44.7. The first kappa shape index (κ1) is 55.9. The standard InChI is InChI=1S/C50H82NO9P/c1-6-8-10-12-14-15-16-17-18-19-20-21-22-23-24-25-28-32-36-40-49(52)56-44-46(45-58-61(54,55)57-43-42-51(3,4)5)59-50(53)41-37-33-29-26-27-31-35-39-48-47(60-48)38-34-30-13-11-9-7-2/h14-15,17-18,20-21,23-24,26,28-32,34-35,46-48H,6-13,16,19,22,25,27,33,36-45H2,1-5H3/p+1/b15-14-,18-17-,21-20-,24-23-,29-26-,32-28-,34-30-,35-31-/t46-,47?,48?/m1/s1. The minimum Gasteiger partial charge on any atom is -0.462 e. The molecule has 4 atom stereocenters. The molecule has 0 amide bonds. The Hall–Kier alpha value is -3.11. The van der Waals surface area contributed by atoms with Crippen LogP contribution in [0.15, 0.2) is 97.2 Å². The summed E-state index contributed by atoms with van der Waals surface area (Å²) in [6.07, 6.45) is 52.2. The van der Waals surface area contributed by atoms with Crippen LogP contribution in [0.4, 0.5) is 0 Å². The molecule has 1 saturated heterocycles. The lowest BCUT2D eigenvalue weighted by Crippen LogP contribution is -2.37. The third-order valence-corrected chi connectivity index (χ3v) is 10.5. The fraction of sp³-hybridized carbons (Fsp3) is 0.640. The van der Waals surface area contributed by atoms with Crippen LogP contribution in [-0.2, 0) is 37.4 Å². The molecule has 1 N–H and O–H groups in total. The van der Waals surface area contributed by atoms with E-state index in [1.165, 1.54) is 44.9 Å². The van der Waals surface area contributed by atoms with Crippen LogP contribution in [0.5, 0.6) is 0 Å². The largest absolute Gasteiger partial charge is 0.472 e. The summed E-state index contributed by atoms with van der Waals surface area (Å²) in [5.41, 5.74) is 0. The van der Waals surface area contributed by atoms with Crippen LogP contribution >= 0.6 is 7.82 Å². The molecule has 61 heavy (non-hydrogen) atoms. The van der Waals surface area contributed by atoms with Gasteiger partial charge in [-0.05, 0) is 89.9 Å². The topological polar surface area (TPSA) is 121 Å². The van der Waals surface area contributed by atoms with E-state index in [4.69, 9.17) is 23.3 Å². The SMILES string of the molecule is CCCCC/C=C\C/C=C\C/C=C\C/C=C\C/C=C\CCC(=O)OC[C@H](COP(=O)(O)OCC[N+](C)(C)C)OC(=O)CCC/C=C\C/C=C\CC1OC1C/C=C\CCCCC. The van der Waals surface area contributed by atoms with E-state index in [9.17, 15) is 19.0 Å². The van der Waals surface area contributed by atoms with Gasteiger partial charge >= 0.3 is 19.8 Å². The molecule has 10 nitrogen and oxygen atoms in total. The van der Waals surface area contributed by atoms with Crippen LogP contribution in [0.25, 0.3) is 0 Å². The lowest BCUT2D eigenvalue weighted by atomic mass is 10.1. The van der Waals surface area contributed by atoms with Gasteiger partial charge in [-0.1, -0.05) is 137 Å². The molecule has 346 valence electrons. The zero-order valence-corrected chi connectivity index (χ0v) is 39.4. The number of phosphoric ester groups is 1. The average Bonchev–Trinajstić information content (AvgIpc) is 3.97. The van der Waals surface area contributed by atoms with Crippen molar-refractivity contribution in [1.82, 2.24) is 0 Å². The number of quaternary nitrogens is 1. The number of esters is 2. The molecule has 0 radical (unpaired) electrons. The summed E-state index contributed by atoms with van der Waals surface area (Å²) in [5.74, 6) is -0.977. The zero-order valence-electron chi connectivity index (χ0n) is 38.5. The molecule has 1 heterocycles. The molecular weight excluding hydrogens is 790 g/mol. The highest BCUT2D eigenvalue weighted by molar-refractivity contribution is 7.47. The van der Waals surface area contributed by atoms with Crippen molar-refractivity contribution in [1.29, 1.82) is 0 Å². The van der Waals surface area contributed by atoms with Crippen molar-refractivity contribution in [3.63, 3.8) is 0 Å². The molecule has 1 aliphatic heterocycles. The summed E-state index contributed by atoms with van der Waals surface area (Å²) in [7, 11) is 1.38. The fourth-order valence-corrected chi connectivity index (χ4v) is 6.48. The van der Waals surface area contributed by atoms with E-state index in [1.54, 1.807) is 0 Å². The number of nitrogens with zero attached hydrogens (tertiary/aromatic N) is 1. The molecule has 0 aliphatic carbocycles. The van der Waals surface area contributed by atoms with Gasteiger partial charge in [-0.2, -0.15) is 0 Å². The molecule has 11 heteroatoms. The number of ether oxygens (including phenoxy) is 3. The normalized spacial score (nSPS) is 17.7. The summed E-state index contributed by atoms with van der Waals surface area (Å²) in [4.78, 5) is 35.4. The molecule has 1 aliphatic rings. The number of unbranched alkanes of at least 4 members (excludes halogenated alkanes) is 7. The van der Waals surface area contributed by atoms with Gasteiger partial charge < -0.3 is 23.6 Å². The first-order chi connectivity index (χ1) is 29.5. The second-order valence-corrected chi connectivity index (χ2v) is 17.9. The summed E-state index contributed by atoms with van der Waals surface area (Å²) in [5, 5.41) is 0. The maximum absolute atomic E-state index is 12.7. The second kappa shape index (κ2) is 37.4. The summed E-state index contributed by atoms with van der Waals surface area (Å²) in [6, 6.07) is 0. The Morgan fingerprint density at radius 1 is 0.590 bits per heavy atom. The number of carbonyl (C=O) groups excluding carboxylic acids is 2. The van der Waals surface area contributed by atoms with Crippen LogP contribution in [0.3, 0.4) is 0 Å². The van der Waals surface area contributed by atoms with Gasteiger partial charge in [0.15, 0.2) is 6.10 Å². The van der Waals surface area contributed by atoms with Crippen molar-refractivity contribution in [2.45, 2.75) is 161 Å². The Balaban J connectivity index is 2.38. The molecular formula is C50H83NO9P+.